The number of aromatic amines is 1. The summed E-state index contributed by atoms with van der Waals surface area (Å²) in [6, 6.07) is 0. The first-order valence-electron chi connectivity index (χ1n) is 4.59. The first kappa shape index (κ1) is 11.9. The van der Waals surface area contributed by atoms with E-state index >= 15 is 0 Å². The zero-order valence-corrected chi connectivity index (χ0v) is 9.76. The standard InChI is InChI=1S/C9H14N2O3S/c1-6(2)15(13,14)5-8-10-4-7(3)9(12)11-8/h4,6H,5H2,1-3H3,(H,10,11,12). The van der Waals surface area contributed by atoms with Crippen molar-refractivity contribution < 1.29 is 8.42 Å². The minimum absolute atomic E-state index is 0.194. The molecular weight excluding hydrogens is 216 g/mol. The molecule has 0 saturated heterocycles. The number of aryl methyl sites for hydroxylation is 1. The molecule has 1 N–H and O–H groups in total. The van der Waals surface area contributed by atoms with Gasteiger partial charge in [-0.1, -0.05) is 0 Å². The van der Waals surface area contributed by atoms with Crippen LogP contribution >= 0.6 is 0 Å². The fraction of sp³-hybridized carbons (Fsp3) is 0.556. The molecule has 5 nitrogen and oxygen atoms in total. The molecule has 0 saturated carbocycles. The van der Waals surface area contributed by atoms with Crippen molar-refractivity contribution in [1.29, 1.82) is 0 Å². The van der Waals surface area contributed by atoms with Crippen molar-refractivity contribution in [2.45, 2.75) is 31.8 Å². The van der Waals surface area contributed by atoms with Crippen molar-refractivity contribution in [2.24, 2.45) is 0 Å². The maximum atomic E-state index is 11.5. The van der Waals surface area contributed by atoms with Gasteiger partial charge < -0.3 is 4.98 Å². The first-order valence-corrected chi connectivity index (χ1v) is 6.31. The lowest BCUT2D eigenvalue weighted by atomic mass is 10.4. The Morgan fingerprint density at radius 1 is 1.47 bits per heavy atom. The van der Waals surface area contributed by atoms with Crippen LogP contribution in [0.3, 0.4) is 0 Å². The topological polar surface area (TPSA) is 79.9 Å². The third kappa shape index (κ3) is 2.89. The van der Waals surface area contributed by atoms with Gasteiger partial charge in [0, 0.05) is 11.8 Å². The molecule has 0 unspecified atom stereocenters. The minimum Gasteiger partial charge on any atom is -0.309 e. The van der Waals surface area contributed by atoms with E-state index in [2.05, 4.69) is 9.97 Å². The van der Waals surface area contributed by atoms with Crippen LogP contribution in [0.15, 0.2) is 11.0 Å². The Balaban J connectivity index is 3.02. The fourth-order valence-corrected chi connectivity index (χ4v) is 1.79. The molecule has 0 amide bonds. The Morgan fingerprint density at radius 3 is 2.53 bits per heavy atom. The van der Waals surface area contributed by atoms with Gasteiger partial charge in [0.25, 0.3) is 5.56 Å². The lowest BCUT2D eigenvalue weighted by Gasteiger charge is -2.06. The predicted octanol–water partition coefficient (Wildman–Crippen LogP) is 0.402. The van der Waals surface area contributed by atoms with Gasteiger partial charge in [-0.25, -0.2) is 13.4 Å². The number of H-pyrrole nitrogens is 1. The Morgan fingerprint density at radius 2 is 2.07 bits per heavy atom. The lowest BCUT2D eigenvalue weighted by molar-refractivity contribution is 0.585. The molecule has 1 aromatic rings. The molecule has 0 radical (unpaired) electrons. The molecule has 1 aromatic heterocycles. The molecule has 0 bridgehead atoms. The van der Waals surface area contributed by atoms with E-state index in [1.54, 1.807) is 20.8 Å². The first-order chi connectivity index (χ1) is 6.83. The molecule has 0 atom stereocenters. The number of rotatable bonds is 3. The smallest absolute Gasteiger partial charge is 0.253 e. The van der Waals surface area contributed by atoms with E-state index in [0.717, 1.165) is 0 Å². The van der Waals surface area contributed by atoms with Gasteiger partial charge >= 0.3 is 0 Å². The number of nitrogens with one attached hydrogen (secondary N) is 1. The van der Waals surface area contributed by atoms with Crippen LogP contribution in [0.25, 0.3) is 0 Å². The summed E-state index contributed by atoms with van der Waals surface area (Å²) in [4.78, 5) is 17.5. The van der Waals surface area contributed by atoms with Crippen LogP contribution in [-0.4, -0.2) is 23.6 Å². The molecular formula is C9H14N2O3S. The molecule has 0 aliphatic rings. The highest BCUT2D eigenvalue weighted by Gasteiger charge is 2.18. The summed E-state index contributed by atoms with van der Waals surface area (Å²) in [5, 5.41) is -0.468. The highest BCUT2D eigenvalue weighted by Crippen LogP contribution is 2.05. The summed E-state index contributed by atoms with van der Waals surface area (Å²) in [6.07, 6.45) is 1.38. The Kier molecular flexibility index (Phi) is 3.28. The summed E-state index contributed by atoms with van der Waals surface area (Å²) < 4.78 is 23.1. The fourth-order valence-electron chi connectivity index (χ4n) is 0.926. The van der Waals surface area contributed by atoms with Crippen molar-refractivity contribution in [1.82, 2.24) is 9.97 Å². The second-order valence-corrected chi connectivity index (χ2v) is 6.26. The van der Waals surface area contributed by atoms with E-state index in [9.17, 15) is 13.2 Å². The van der Waals surface area contributed by atoms with Crippen molar-refractivity contribution in [3.05, 3.63) is 27.9 Å². The molecule has 0 aliphatic carbocycles. The average Bonchev–Trinajstić information content (AvgIpc) is 2.10. The van der Waals surface area contributed by atoms with Crippen LogP contribution in [0.5, 0.6) is 0 Å². The second kappa shape index (κ2) is 4.14. The van der Waals surface area contributed by atoms with E-state index < -0.39 is 15.1 Å². The number of hydrogen-bond acceptors (Lipinski definition) is 4. The zero-order chi connectivity index (χ0) is 11.6. The molecule has 0 fully saturated rings. The van der Waals surface area contributed by atoms with Gasteiger partial charge in [-0.3, -0.25) is 4.79 Å². The third-order valence-electron chi connectivity index (χ3n) is 2.09. The second-order valence-electron chi connectivity index (χ2n) is 3.70. The zero-order valence-electron chi connectivity index (χ0n) is 8.94. The van der Waals surface area contributed by atoms with Gasteiger partial charge in [-0.05, 0) is 20.8 Å². The summed E-state index contributed by atoms with van der Waals surface area (Å²) >= 11 is 0. The van der Waals surface area contributed by atoms with E-state index in [1.165, 1.54) is 6.20 Å². The van der Waals surface area contributed by atoms with Crippen LogP contribution < -0.4 is 5.56 Å². The van der Waals surface area contributed by atoms with Gasteiger partial charge in [0.15, 0.2) is 9.84 Å². The third-order valence-corrected chi connectivity index (χ3v) is 4.20. The molecule has 6 heteroatoms. The van der Waals surface area contributed by atoms with Crippen LogP contribution in [0.2, 0.25) is 0 Å². The lowest BCUT2D eigenvalue weighted by Crippen LogP contribution is -2.21. The molecule has 0 aliphatic heterocycles. The Hall–Kier alpha value is -1.17. The summed E-state index contributed by atoms with van der Waals surface area (Å²) in [7, 11) is -3.21. The van der Waals surface area contributed by atoms with Gasteiger partial charge in [-0.2, -0.15) is 0 Å². The van der Waals surface area contributed by atoms with E-state index in [0.29, 0.717) is 5.56 Å². The van der Waals surface area contributed by atoms with Crippen molar-refractivity contribution in [2.75, 3.05) is 0 Å². The molecule has 1 heterocycles. The van der Waals surface area contributed by atoms with Crippen LogP contribution in [0, 0.1) is 6.92 Å². The monoisotopic (exact) mass is 230 g/mol. The van der Waals surface area contributed by atoms with Crippen molar-refractivity contribution in [3.8, 4) is 0 Å². The molecule has 15 heavy (non-hydrogen) atoms. The van der Waals surface area contributed by atoms with E-state index in [-0.39, 0.29) is 17.1 Å². The SMILES string of the molecule is Cc1cnc(CS(=O)(=O)C(C)C)[nH]c1=O. The normalized spacial score (nSPS) is 12.0. The van der Waals surface area contributed by atoms with Crippen molar-refractivity contribution in [3.63, 3.8) is 0 Å². The van der Waals surface area contributed by atoms with Gasteiger partial charge in [-0.15, -0.1) is 0 Å². The van der Waals surface area contributed by atoms with Crippen LogP contribution in [-0.2, 0) is 15.6 Å². The summed E-state index contributed by atoms with van der Waals surface area (Å²) in [5.41, 5.74) is 0.180. The Bertz CT molecular complexity index is 502. The molecule has 0 spiro atoms. The number of hydrogen-bond donors (Lipinski definition) is 1. The van der Waals surface area contributed by atoms with Gasteiger partial charge in [0.2, 0.25) is 0 Å². The average molecular weight is 230 g/mol. The highest BCUT2D eigenvalue weighted by molar-refractivity contribution is 7.91. The number of nitrogens with zero attached hydrogens (tertiary/aromatic N) is 1. The summed E-state index contributed by atoms with van der Waals surface area (Å²) in [6.45, 7) is 4.82. The molecule has 0 aromatic carbocycles. The largest absolute Gasteiger partial charge is 0.309 e. The number of sulfone groups is 1. The number of aromatic nitrogens is 2. The maximum Gasteiger partial charge on any atom is 0.253 e. The summed E-state index contributed by atoms with van der Waals surface area (Å²) in [5.74, 6) is -0.0282. The van der Waals surface area contributed by atoms with E-state index in [4.69, 9.17) is 0 Å². The Labute approximate surface area is 88.5 Å². The molecule has 1 rings (SSSR count). The molecule has 84 valence electrons. The highest BCUT2D eigenvalue weighted by atomic mass is 32.2. The maximum absolute atomic E-state index is 11.5. The predicted molar refractivity (Wildman–Crippen MR) is 57.4 cm³/mol. The van der Waals surface area contributed by atoms with E-state index in [1.807, 2.05) is 0 Å². The van der Waals surface area contributed by atoms with Crippen LogP contribution in [0.4, 0.5) is 0 Å². The minimum atomic E-state index is -3.21. The quantitative estimate of drug-likeness (QED) is 0.815. The van der Waals surface area contributed by atoms with Crippen LogP contribution in [0.1, 0.15) is 25.2 Å². The van der Waals surface area contributed by atoms with Crippen molar-refractivity contribution >= 4 is 9.84 Å². The van der Waals surface area contributed by atoms with Gasteiger partial charge in [0.05, 0.1) is 5.25 Å². The van der Waals surface area contributed by atoms with Gasteiger partial charge in [0.1, 0.15) is 11.6 Å².